The van der Waals surface area contributed by atoms with E-state index in [0.717, 1.165) is 11.3 Å². The maximum Gasteiger partial charge on any atom is 0.238 e. The minimum absolute atomic E-state index is 0.0963. The maximum absolute atomic E-state index is 12.1. The molecule has 0 bridgehead atoms. The Labute approximate surface area is 126 Å². The number of nitrogens with one attached hydrogen (secondary N) is 1. The Bertz CT molecular complexity index is 485. The van der Waals surface area contributed by atoms with Crippen LogP contribution in [0.3, 0.4) is 0 Å². The van der Waals surface area contributed by atoms with Crippen LogP contribution in [0.4, 0.5) is 0 Å². The summed E-state index contributed by atoms with van der Waals surface area (Å²) in [5, 5.41) is 3.25. The number of amides is 1. The average molecular weight is 292 g/mol. The SMILES string of the molecule is CCOc1ccc(C2NCC(=O)N2CC(C)(C)OC)cc1. The van der Waals surface area contributed by atoms with Gasteiger partial charge in [-0.15, -0.1) is 0 Å². The maximum atomic E-state index is 12.1. The van der Waals surface area contributed by atoms with Gasteiger partial charge in [0.15, 0.2) is 0 Å². The van der Waals surface area contributed by atoms with Crippen LogP contribution in [0.25, 0.3) is 0 Å². The summed E-state index contributed by atoms with van der Waals surface area (Å²) < 4.78 is 10.9. The molecule has 1 aliphatic rings. The summed E-state index contributed by atoms with van der Waals surface area (Å²) >= 11 is 0. The van der Waals surface area contributed by atoms with Crippen molar-refractivity contribution in [1.82, 2.24) is 10.2 Å². The zero-order chi connectivity index (χ0) is 15.5. The number of methoxy groups -OCH3 is 1. The lowest BCUT2D eigenvalue weighted by Gasteiger charge is -2.32. The van der Waals surface area contributed by atoms with Gasteiger partial charge in [0.05, 0.1) is 25.3 Å². The largest absolute Gasteiger partial charge is 0.494 e. The highest BCUT2D eigenvalue weighted by Crippen LogP contribution is 2.26. The first kappa shape index (κ1) is 15.8. The van der Waals surface area contributed by atoms with Crippen LogP contribution < -0.4 is 10.1 Å². The summed E-state index contributed by atoms with van der Waals surface area (Å²) in [7, 11) is 1.67. The van der Waals surface area contributed by atoms with Crippen LogP contribution in [0.1, 0.15) is 32.5 Å². The third-order valence-electron chi connectivity index (χ3n) is 3.69. The van der Waals surface area contributed by atoms with Crippen LogP contribution >= 0.6 is 0 Å². The lowest BCUT2D eigenvalue weighted by Crippen LogP contribution is -2.42. The molecule has 0 aliphatic carbocycles. The predicted octanol–water partition coefficient (Wildman–Crippen LogP) is 1.94. The molecule has 1 aromatic rings. The summed E-state index contributed by atoms with van der Waals surface area (Å²) in [5.41, 5.74) is 0.682. The molecule has 0 saturated carbocycles. The van der Waals surface area contributed by atoms with Crippen LogP contribution in [-0.4, -0.2) is 43.2 Å². The zero-order valence-electron chi connectivity index (χ0n) is 13.2. The first-order chi connectivity index (χ1) is 9.96. The molecule has 0 spiro atoms. The van der Waals surface area contributed by atoms with Crippen molar-refractivity contribution in [2.24, 2.45) is 0 Å². The standard InChI is InChI=1S/C16H24N2O3/c1-5-21-13-8-6-12(7-9-13)15-17-10-14(19)18(15)11-16(2,3)20-4/h6-9,15,17H,5,10-11H2,1-4H3. The first-order valence-corrected chi connectivity index (χ1v) is 7.27. The van der Waals surface area contributed by atoms with E-state index in [1.54, 1.807) is 7.11 Å². The summed E-state index contributed by atoms with van der Waals surface area (Å²) in [6.45, 7) is 7.47. The molecular formula is C16H24N2O3. The number of benzene rings is 1. The lowest BCUT2D eigenvalue weighted by molar-refractivity contribution is -0.131. The number of rotatable bonds is 6. The molecule has 1 N–H and O–H groups in total. The van der Waals surface area contributed by atoms with Crippen LogP contribution in [-0.2, 0) is 9.53 Å². The van der Waals surface area contributed by atoms with E-state index in [-0.39, 0.29) is 17.7 Å². The van der Waals surface area contributed by atoms with Gasteiger partial charge in [0.25, 0.3) is 0 Å². The van der Waals surface area contributed by atoms with E-state index in [1.807, 2.05) is 49.9 Å². The smallest absolute Gasteiger partial charge is 0.238 e. The third kappa shape index (κ3) is 3.74. The molecule has 1 fully saturated rings. The summed E-state index contributed by atoms with van der Waals surface area (Å²) in [6.07, 6.45) is -0.109. The lowest BCUT2D eigenvalue weighted by atomic mass is 10.1. The Hall–Kier alpha value is -1.59. The minimum atomic E-state index is -0.370. The van der Waals surface area contributed by atoms with Crippen molar-refractivity contribution in [1.29, 1.82) is 0 Å². The van der Waals surface area contributed by atoms with Crippen molar-refractivity contribution in [2.45, 2.75) is 32.5 Å². The minimum Gasteiger partial charge on any atom is -0.494 e. The van der Waals surface area contributed by atoms with Crippen molar-refractivity contribution in [3.8, 4) is 5.75 Å². The molecule has 5 nitrogen and oxygen atoms in total. The van der Waals surface area contributed by atoms with E-state index in [4.69, 9.17) is 9.47 Å². The summed E-state index contributed by atoms with van der Waals surface area (Å²) in [6, 6.07) is 7.86. The van der Waals surface area contributed by atoms with Gasteiger partial charge in [0.1, 0.15) is 11.9 Å². The number of hydrogen-bond donors (Lipinski definition) is 1. The van der Waals surface area contributed by atoms with Gasteiger partial charge in [-0.1, -0.05) is 12.1 Å². The number of hydrogen-bond acceptors (Lipinski definition) is 4. The monoisotopic (exact) mass is 292 g/mol. The van der Waals surface area contributed by atoms with E-state index in [9.17, 15) is 4.79 Å². The van der Waals surface area contributed by atoms with Crippen LogP contribution in [0, 0.1) is 0 Å². The fourth-order valence-corrected chi connectivity index (χ4v) is 2.40. The fraction of sp³-hybridized carbons (Fsp3) is 0.562. The number of carbonyl (C=O) groups is 1. The summed E-state index contributed by atoms with van der Waals surface area (Å²) in [4.78, 5) is 13.9. The molecule has 1 atom stereocenters. The summed E-state index contributed by atoms with van der Waals surface area (Å²) in [5.74, 6) is 0.938. The van der Waals surface area contributed by atoms with Crippen molar-refractivity contribution in [2.75, 3.05) is 26.8 Å². The molecule has 1 unspecified atom stereocenters. The highest BCUT2D eigenvalue weighted by molar-refractivity contribution is 5.81. The van der Waals surface area contributed by atoms with E-state index in [2.05, 4.69) is 5.32 Å². The predicted molar refractivity (Wildman–Crippen MR) is 81.2 cm³/mol. The quantitative estimate of drug-likeness (QED) is 0.870. The van der Waals surface area contributed by atoms with E-state index >= 15 is 0 Å². The number of ether oxygens (including phenoxy) is 2. The van der Waals surface area contributed by atoms with Crippen LogP contribution in [0.2, 0.25) is 0 Å². The van der Waals surface area contributed by atoms with Gasteiger partial charge >= 0.3 is 0 Å². The second-order valence-corrected chi connectivity index (χ2v) is 5.77. The molecule has 116 valence electrons. The average Bonchev–Trinajstić information content (AvgIpc) is 2.81. The molecule has 1 aliphatic heterocycles. The van der Waals surface area contributed by atoms with Gasteiger partial charge in [-0.2, -0.15) is 0 Å². The van der Waals surface area contributed by atoms with Crippen LogP contribution in [0.5, 0.6) is 5.75 Å². The molecule has 1 heterocycles. The molecule has 1 saturated heterocycles. The highest BCUT2D eigenvalue weighted by Gasteiger charge is 2.35. The molecule has 1 aromatic carbocycles. The molecule has 0 radical (unpaired) electrons. The normalized spacial score (nSPS) is 19.1. The van der Waals surface area contributed by atoms with E-state index in [1.165, 1.54) is 0 Å². The second-order valence-electron chi connectivity index (χ2n) is 5.77. The second kappa shape index (κ2) is 6.45. The van der Waals surface area contributed by atoms with Crippen molar-refractivity contribution in [3.05, 3.63) is 29.8 Å². The van der Waals surface area contributed by atoms with Crippen molar-refractivity contribution >= 4 is 5.91 Å². The van der Waals surface area contributed by atoms with Crippen molar-refractivity contribution < 1.29 is 14.3 Å². The molecule has 21 heavy (non-hydrogen) atoms. The Morgan fingerprint density at radius 3 is 2.57 bits per heavy atom. The van der Waals surface area contributed by atoms with E-state index in [0.29, 0.717) is 19.7 Å². The number of carbonyl (C=O) groups excluding carboxylic acids is 1. The van der Waals surface area contributed by atoms with E-state index < -0.39 is 0 Å². The molecular weight excluding hydrogens is 268 g/mol. The fourth-order valence-electron chi connectivity index (χ4n) is 2.40. The van der Waals surface area contributed by atoms with Gasteiger partial charge in [0.2, 0.25) is 5.91 Å². The van der Waals surface area contributed by atoms with Gasteiger partial charge in [-0.25, -0.2) is 0 Å². The van der Waals surface area contributed by atoms with Gasteiger partial charge in [-0.05, 0) is 38.5 Å². The van der Waals surface area contributed by atoms with Gasteiger partial charge in [-0.3, -0.25) is 10.1 Å². The Morgan fingerprint density at radius 1 is 1.33 bits per heavy atom. The molecule has 2 rings (SSSR count). The molecule has 5 heteroatoms. The number of nitrogens with zero attached hydrogens (tertiary/aromatic N) is 1. The molecule has 1 amide bonds. The third-order valence-corrected chi connectivity index (χ3v) is 3.69. The van der Waals surface area contributed by atoms with Gasteiger partial charge < -0.3 is 14.4 Å². The van der Waals surface area contributed by atoms with Gasteiger partial charge in [0, 0.05) is 7.11 Å². The van der Waals surface area contributed by atoms with Crippen LogP contribution in [0.15, 0.2) is 24.3 Å². The molecule has 0 aromatic heterocycles. The first-order valence-electron chi connectivity index (χ1n) is 7.27. The highest BCUT2D eigenvalue weighted by atomic mass is 16.5. The Kier molecular flexibility index (Phi) is 4.85. The Balaban J connectivity index is 2.15. The Morgan fingerprint density at radius 2 is 2.00 bits per heavy atom. The topological polar surface area (TPSA) is 50.8 Å². The zero-order valence-corrected chi connectivity index (χ0v) is 13.2. The van der Waals surface area contributed by atoms with Crippen molar-refractivity contribution in [3.63, 3.8) is 0 Å².